The molecule has 1 aromatic carbocycles. The van der Waals surface area contributed by atoms with Gasteiger partial charge in [0.1, 0.15) is 0 Å². The van der Waals surface area contributed by atoms with Crippen molar-refractivity contribution in [3.8, 4) is 22.3 Å². The minimum atomic E-state index is 0.484. The van der Waals surface area contributed by atoms with E-state index in [1.807, 2.05) is 0 Å². The van der Waals surface area contributed by atoms with E-state index in [-0.39, 0.29) is 0 Å². The zero-order valence-electron chi connectivity index (χ0n) is 24.7. The third kappa shape index (κ3) is 5.39. The number of nitrogens with zero attached hydrogens (tertiary/aromatic N) is 2. The maximum absolute atomic E-state index is 4.71. The highest BCUT2D eigenvalue weighted by atomic mass is 15.1. The molecule has 0 aliphatic heterocycles. The van der Waals surface area contributed by atoms with E-state index in [1.54, 1.807) is 0 Å². The molecular formula is C37H40N2. The van der Waals surface area contributed by atoms with E-state index in [4.69, 9.17) is 5.11 Å². The van der Waals surface area contributed by atoms with E-state index in [0.29, 0.717) is 11.8 Å². The van der Waals surface area contributed by atoms with Crippen LogP contribution in [0.3, 0.4) is 0 Å². The van der Waals surface area contributed by atoms with Crippen molar-refractivity contribution in [3.05, 3.63) is 117 Å². The Bertz CT molecular complexity index is 1600. The molecule has 0 aromatic heterocycles. The summed E-state index contributed by atoms with van der Waals surface area (Å²) in [5.74, 6) is 0.997. The Hall–Kier alpha value is -3.78. The fourth-order valence-corrected chi connectivity index (χ4v) is 5.71. The van der Waals surface area contributed by atoms with E-state index in [1.165, 1.54) is 66.8 Å². The fraction of sp³-hybridized carbons (Fsp3) is 0.297. The molecule has 2 nitrogen and oxygen atoms in total. The SMILES string of the molecule is Cc1cc(Cc2ccc(N=Nc3cc(C)c4cc(C(C)C)ccc(C)c3-4)cc2)c2c(C)ccc(C(C)C)cc1-2. The van der Waals surface area contributed by atoms with Gasteiger partial charge in [-0.3, -0.25) is 0 Å². The first kappa shape index (κ1) is 26.8. The summed E-state index contributed by atoms with van der Waals surface area (Å²) in [7, 11) is 0. The Balaban J connectivity index is 1.39. The van der Waals surface area contributed by atoms with Gasteiger partial charge in [-0.15, -0.1) is 5.11 Å². The van der Waals surface area contributed by atoms with Crippen LogP contribution < -0.4 is 0 Å². The third-order valence-corrected chi connectivity index (χ3v) is 8.11. The van der Waals surface area contributed by atoms with Crippen LogP contribution in [0, 0.1) is 27.7 Å². The average molecular weight is 513 g/mol. The Morgan fingerprint density at radius 2 is 1.08 bits per heavy atom. The first-order chi connectivity index (χ1) is 18.6. The molecule has 0 radical (unpaired) electrons. The molecular weight excluding hydrogens is 472 g/mol. The number of fused-ring (bicyclic) bond motifs is 2. The highest BCUT2D eigenvalue weighted by molar-refractivity contribution is 5.85. The van der Waals surface area contributed by atoms with Crippen molar-refractivity contribution in [2.45, 2.75) is 73.6 Å². The number of azo groups is 1. The zero-order valence-corrected chi connectivity index (χ0v) is 24.7. The average Bonchev–Trinajstić information content (AvgIpc) is 3.20. The van der Waals surface area contributed by atoms with Crippen molar-refractivity contribution in [2.24, 2.45) is 10.2 Å². The van der Waals surface area contributed by atoms with Gasteiger partial charge in [0, 0.05) is 5.56 Å². The van der Waals surface area contributed by atoms with Gasteiger partial charge >= 0.3 is 0 Å². The summed E-state index contributed by atoms with van der Waals surface area (Å²) >= 11 is 0. The van der Waals surface area contributed by atoms with Gasteiger partial charge in [0.05, 0.1) is 11.4 Å². The van der Waals surface area contributed by atoms with Crippen LogP contribution in [0.15, 0.2) is 83.0 Å². The van der Waals surface area contributed by atoms with Crippen LogP contribution >= 0.6 is 0 Å². The molecule has 39 heavy (non-hydrogen) atoms. The van der Waals surface area contributed by atoms with Crippen molar-refractivity contribution in [1.82, 2.24) is 0 Å². The van der Waals surface area contributed by atoms with Crippen LogP contribution in [0.25, 0.3) is 22.3 Å². The highest BCUT2D eigenvalue weighted by Crippen LogP contribution is 2.42. The Kier molecular flexibility index (Phi) is 7.40. The van der Waals surface area contributed by atoms with Gasteiger partial charge < -0.3 is 0 Å². The number of hydrogen-bond donors (Lipinski definition) is 0. The standard InChI is InChI=1S/C37H40N2/c1-22(2)29-13-9-24(5)36-31(17-26(7)33(36)20-29)19-28-11-15-32(16-12-28)38-39-35-18-27(8)34-21-30(23(3)4)14-10-25(6)37(34)35/h9-18,20-23H,19H2,1-8H3. The van der Waals surface area contributed by atoms with Crippen LogP contribution in [-0.2, 0) is 6.42 Å². The van der Waals surface area contributed by atoms with Gasteiger partial charge in [-0.2, -0.15) is 5.11 Å². The van der Waals surface area contributed by atoms with E-state index in [2.05, 4.69) is 133 Å². The van der Waals surface area contributed by atoms with E-state index >= 15 is 0 Å². The summed E-state index contributed by atoms with van der Waals surface area (Å²) in [6, 6.07) is 26.8. The molecule has 4 aliphatic rings. The molecule has 4 aliphatic carbocycles. The van der Waals surface area contributed by atoms with Gasteiger partial charge in [-0.25, -0.2) is 0 Å². The maximum atomic E-state index is 4.71. The molecule has 0 N–H and O–H groups in total. The lowest BCUT2D eigenvalue weighted by Gasteiger charge is -2.07. The Morgan fingerprint density at radius 3 is 1.67 bits per heavy atom. The maximum Gasteiger partial charge on any atom is 0.0940 e. The van der Waals surface area contributed by atoms with E-state index in [9.17, 15) is 0 Å². The third-order valence-electron chi connectivity index (χ3n) is 8.11. The minimum Gasteiger partial charge on any atom is -0.151 e. The first-order valence-corrected chi connectivity index (χ1v) is 14.2. The van der Waals surface area contributed by atoms with Crippen LogP contribution in [0.5, 0.6) is 0 Å². The summed E-state index contributed by atoms with van der Waals surface area (Å²) in [5.41, 5.74) is 17.6. The smallest absolute Gasteiger partial charge is 0.0940 e. The second kappa shape index (κ2) is 10.8. The van der Waals surface area contributed by atoms with Gasteiger partial charge in [0.25, 0.3) is 0 Å². The summed E-state index contributed by atoms with van der Waals surface area (Å²) < 4.78 is 0. The quantitative estimate of drug-likeness (QED) is 0.202. The van der Waals surface area contributed by atoms with Crippen LogP contribution in [-0.4, -0.2) is 0 Å². The molecule has 0 saturated heterocycles. The number of hydrogen-bond acceptors (Lipinski definition) is 2. The molecule has 0 heterocycles. The van der Waals surface area contributed by atoms with Gasteiger partial charge in [-0.05, 0) is 125 Å². The van der Waals surface area contributed by atoms with E-state index in [0.717, 1.165) is 17.8 Å². The van der Waals surface area contributed by atoms with Gasteiger partial charge in [-0.1, -0.05) is 82.3 Å². The molecule has 0 bridgehead atoms. The molecule has 0 fully saturated rings. The molecule has 198 valence electrons. The first-order valence-electron chi connectivity index (χ1n) is 14.2. The second-order valence-electron chi connectivity index (χ2n) is 11.8. The van der Waals surface area contributed by atoms with Gasteiger partial charge in [0.15, 0.2) is 0 Å². The molecule has 2 heteroatoms. The summed E-state index contributed by atoms with van der Waals surface area (Å²) in [5, 5.41) is 9.35. The number of aryl methyl sites for hydroxylation is 4. The largest absolute Gasteiger partial charge is 0.151 e. The summed E-state index contributed by atoms with van der Waals surface area (Å²) in [6.45, 7) is 17.8. The van der Waals surface area contributed by atoms with Crippen molar-refractivity contribution in [2.75, 3.05) is 0 Å². The second-order valence-corrected chi connectivity index (χ2v) is 11.8. The molecule has 0 amide bonds. The van der Waals surface area contributed by atoms with Crippen molar-refractivity contribution < 1.29 is 0 Å². The fourth-order valence-electron chi connectivity index (χ4n) is 5.71. The highest BCUT2D eigenvalue weighted by Gasteiger charge is 2.18. The topological polar surface area (TPSA) is 24.7 Å². The Labute approximate surface area is 234 Å². The van der Waals surface area contributed by atoms with Crippen LogP contribution in [0.1, 0.15) is 84.0 Å². The van der Waals surface area contributed by atoms with Crippen LogP contribution in [0.2, 0.25) is 0 Å². The number of benzene rings is 1. The molecule has 0 saturated carbocycles. The lowest BCUT2D eigenvalue weighted by atomic mass is 9.98. The lowest BCUT2D eigenvalue weighted by molar-refractivity contribution is 0.868. The molecule has 1 aromatic rings. The summed E-state index contributed by atoms with van der Waals surface area (Å²) in [6.07, 6.45) is 0.907. The predicted octanol–water partition coefficient (Wildman–Crippen LogP) is 11.4. The number of rotatable bonds is 6. The van der Waals surface area contributed by atoms with Crippen molar-refractivity contribution >= 4 is 11.4 Å². The van der Waals surface area contributed by atoms with Gasteiger partial charge in [0.2, 0.25) is 0 Å². The normalized spacial score (nSPS) is 12.1. The molecule has 0 unspecified atom stereocenters. The molecule has 0 atom stereocenters. The lowest BCUT2D eigenvalue weighted by Crippen LogP contribution is -1.89. The monoisotopic (exact) mass is 512 g/mol. The Morgan fingerprint density at radius 1 is 0.538 bits per heavy atom. The van der Waals surface area contributed by atoms with Crippen LogP contribution in [0.4, 0.5) is 11.4 Å². The molecule has 5 rings (SSSR count). The zero-order chi connectivity index (χ0) is 27.8. The van der Waals surface area contributed by atoms with E-state index < -0.39 is 0 Å². The van der Waals surface area contributed by atoms with Crippen molar-refractivity contribution in [3.63, 3.8) is 0 Å². The summed E-state index contributed by atoms with van der Waals surface area (Å²) in [4.78, 5) is 0. The molecule has 0 spiro atoms. The predicted molar refractivity (Wildman–Crippen MR) is 167 cm³/mol. The van der Waals surface area contributed by atoms with Crippen molar-refractivity contribution in [1.29, 1.82) is 0 Å². The minimum absolute atomic E-state index is 0.484.